The van der Waals surface area contributed by atoms with Crippen LogP contribution in [-0.4, -0.2) is 16.9 Å². The van der Waals surface area contributed by atoms with E-state index >= 15 is 0 Å². The van der Waals surface area contributed by atoms with Gasteiger partial charge >= 0.3 is 11.8 Å². The first-order valence-corrected chi connectivity index (χ1v) is 7.88. The molecule has 0 aliphatic rings. The van der Waals surface area contributed by atoms with Crippen molar-refractivity contribution in [1.82, 2.24) is 5.32 Å². The summed E-state index contributed by atoms with van der Waals surface area (Å²) in [6.45, 7) is 4.13. The summed E-state index contributed by atoms with van der Waals surface area (Å²) in [6.07, 6.45) is 0. The highest BCUT2D eigenvalue weighted by Gasteiger charge is 2.16. The Hall–Kier alpha value is -2.66. The van der Waals surface area contributed by atoms with Crippen LogP contribution in [0.1, 0.15) is 36.5 Å². The van der Waals surface area contributed by atoms with Gasteiger partial charge in [-0.05, 0) is 28.7 Å². The van der Waals surface area contributed by atoms with Crippen LogP contribution in [0.2, 0.25) is 0 Å². The summed E-state index contributed by atoms with van der Waals surface area (Å²) in [5.74, 6) is -1.17. The molecule has 5 nitrogen and oxygen atoms in total. The Morgan fingerprint density at radius 2 is 1.58 bits per heavy atom. The maximum Gasteiger partial charge on any atom is 0.313 e. The second-order valence-corrected chi connectivity index (χ2v) is 5.81. The van der Waals surface area contributed by atoms with Crippen molar-refractivity contribution < 1.29 is 14.7 Å². The molecule has 24 heavy (non-hydrogen) atoms. The molecule has 2 amide bonds. The molecule has 0 bridgehead atoms. The number of carbonyl (C=O) groups excluding carboxylic acids is 2. The average molecular weight is 326 g/mol. The molecule has 0 saturated heterocycles. The van der Waals surface area contributed by atoms with Gasteiger partial charge in [0, 0.05) is 12.2 Å². The number of nitrogens with one attached hydrogen (secondary N) is 2. The summed E-state index contributed by atoms with van der Waals surface area (Å²) < 4.78 is 0. The number of rotatable bonds is 5. The molecule has 0 aromatic heterocycles. The third kappa shape index (κ3) is 4.43. The lowest BCUT2D eigenvalue weighted by Crippen LogP contribution is -2.35. The highest BCUT2D eigenvalue weighted by atomic mass is 16.3. The van der Waals surface area contributed by atoms with Gasteiger partial charge in [0.1, 0.15) is 0 Å². The molecule has 0 spiro atoms. The van der Waals surface area contributed by atoms with E-state index in [0.29, 0.717) is 5.69 Å². The van der Waals surface area contributed by atoms with Crippen LogP contribution in [0.3, 0.4) is 0 Å². The Labute approximate surface area is 141 Å². The van der Waals surface area contributed by atoms with Crippen molar-refractivity contribution in [2.75, 3.05) is 5.32 Å². The predicted octanol–water partition coefficient (Wildman–Crippen LogP) is 2.56. The number of carbonyl (C=O) groups is 2. The van der Waals surface area contributed by atoms with E-state index in [1.165, 1.54) is 0 Å². The summed E-state index contributed by atoms with van der Waals surface area (Å²) in [6, 6.07) is 14.6. The van der Waals surface area contributed by atoms with Gasteiger partial charge < -0.3 is 15.7 Å². The van der Waals surface area contributed by atoms with Crippen LogP contribution in [0.5, 0.6) is 0 Å². The first-order valence-electron chi connectivity index (χ1n) is 7.88. The Balaban J connectivity index is 1.99. The summed E-state index contributed by atoms with van der Waals surface area (Å²) in [4.78, 5) is 24.1. The van der Waals surface area contributed by atoms with Crippen LogP contribution in [0.4, 0.5) is 5.69 Å². The maximum absolute atomic E-state index is 12.1. The molecule has 0 aliphatic carbocycles. The van der Waals surface area contributed by atoms with E-state index < -0.39 is 11.8 Å². The molecule has 0 heterocycles. The smallest absolute Gasteiger partial charge is 0.313 e. The highest BCUT2D eigenvalue weighted by molar-refractivity contribution is 6.39. The molecule has 126 valence electrons. The van der Waals surface area contributed by atoms with Crippen LogP contribution in [-0.2, 0) is 22.7 Å². The monoisotopic (exact) mass is 326 g/mol. The van der Waals surface area contributed by atoms with Gasteiger partial charge in [-0.25, -0.2) is 0 Å². The zero-order chi connectivity index (χ0) is 17.5. The van der Waals surface area contributed by atoms with Crippen LogP contribution >= 0.6 is 0 Å². The molecule has 0 radical (unpaired) electrons. The van der Waals surface area contributed by atoms with Gasteiger partial charge in [0.2, 0.25) is 0 Å². The van der Waals surface area contributed by atoms with Gasteiger partial charge in [-0.15, -0.1) is 0 Å². The molecule has 2 aromatic rings. The molecule has 0 saturated carbocycles. The van der Waals surface area contributed by atoms with E-state index in [-0.39, 0.29) is 19.1 Å². The zero-order valence-electron chi connectivity index (χ0n) is 13.9. The summed E-state index contributed by atoms with van der Waals surface area (Å²) in [7, 11) is 0. The maximum atomic E-state index is 12.1. The number of hydrogen-bond donors (Lipinski definition) is 3. The average Bonchev–Trinajstić information content (AvgIpc) is 2.60. The van der Waals surface area contributed by atoms with Gasteiger partial charge in [-0.3, -0.25) is 9.59 Å². The van der Waals surface area contributed by atoms with Crippen LogP contribution in [0, 0.1) is 0 Å². The molecule has 5 heteroatoms. The van der Waals surface area contributed by atoms with Crippen LogP contribution < -0.4 is 10.6 Å². The zero-order valence-corrected chi connectivity index (χ0v) is 13.9. The van der Waals surface area contributed by atoms with Crippen molar-refractivity contribution in [2.24, 2.45) is 0 Å². The molecular weight excluding hydrogens is 304 g/mol. The molecular formula is C19H22N2O3. The van der Waals surface area contributed by atoms with E-state index in [1.54, 1.807) is 18.2 Å². The SMILES string of the molecule is CC(C)c1ccccc1NC(=O)C(=O)NCc1ccccc1CO. The highest BCUT2D eigenvalue weighted by Crippen LogP contribution is 2.23. The molecule has 0 fully saturated rings. The fourth-order valence-electron chi connectivity index (χ4n) is 2.43. The number of hydrogen-bond acceptors (Lipinski definition) is 3. The van der Waals surface area contributed by atoms with Crippen molar-refractivity contribution in [2.45, 2.75) is 32.9 Å². The van der Waals surface area contributed by atoms with E-state index in [9.17, 15) is 14.7 Å². The largest absolute Gasteiger partial charge is 0.392 e. The van der Waals surface area contributed by atoms with Gasteiger partial charge in [0.15, 0.2) is 0 Å². The number of aliphatic hydroxyl groups is 1. The second-order valence-electron chi connectivity index (χ2n) is 5.81. The van der Waals surface area contributed by atoms with E-state index in [4.69, 9.17) is 0 Å². The molecule has 3 N–H and O–H groups in total. The van der Waals surface area contributed by atoms with Crippen LogP contribution in [0.15, 0.2) is 48.5 Å². The lowest BCUT2D eigenvalue weighted by molar-refractivity contribution is -0.136. The third-order valence-electron chi connectivity index (χ3n) is 3.77. The number of para-hydroxylation sites is 1. The molecule has 0 atom stereocenters. The third-order valence-corrected chi connectivity index (χ3v) is 3.77. The van der Waals surface area contributed by atoms with Crippen molar-refractivity contribution >= 4 is 17.5 Å². The fourth-order valence-corrected chi connectivity index (χ4v) is 2.43. The topological polar surface area (TPSA) is 78.4 Å². The van der Waals surface area contributed by atoms with Crippen LogP contribution in [0.25, 0.3) is 0 Å². The van der Waals surface area contributed by atoms with Gasteiger partial charge in [-0.1, -0.05) is 56.3 Å². The lowest BCUT2D eigenvalue weighted by Gasteiger charge is -2.13. The summed E-state index contributed by atoms with van der Waals surface area (Å²) >= 11 is 0. The quantitative estimate of drug-likeness (QED) is 0.739. The Kier molecular flexibility index (Phi) is 6.09. The first-order chi connectivity index (χ1) is 11.5. The first kappa shape index (κ1) is 17.7. The minimum absolute atomic E-state index is 0.111. The minimum atomic E-state index is -0.707. The van der Waals surface area contributed by atoms with Crippen molar-refractivity contribution in [3.63, 3.8) is 0 Å². The minimum Gasteiger partial charge on any atom is -0.392 e. The molecule has 2 rings (SSSR count). The summed E-state index contributed by atoms with van der Waals surface area (Å²) in [5.41, 5.74) is 3.12. The number of benzene rings is 2. The number of amides is 2. The molecule has 2 aromatic carbocycles. The fraction of sp³-hybridized carbons (Fsp3) is 0.263. The normalized spacial score (nSPS) is 10.5. The Morgan fingerprint density at radius 1 is 0.958 bits per heavy atom. The molecule has 0 aliphatic heterocycles. The molecule has 0 unspecified atom stereocenters. The van der Waals surface area contributed by atoms with Gasteiger partial charge in [0.25, 0.3) is 0 Å². The van der Waals surface area contributed by atoms with Crippen molar-refractivity contribution in [1.29, 1.82) is 0 Å². The Morgan fingerprint density at radius 3 is 2.25 bits per heavy atom. The second kappa shape index (κ2) is 8.26. The summed E-state index contributed by atoms with van der Waals surface area (Å²) in [5, 5.41) is 14.5. The predicted molar refractivity (Wildman–Crippen MR) is 93.4 cm³/mol. The van der Waals surface area contributed by atoms with Crippen molar-refractivity contribution in [3.8, 4) is 0 Å². The number of anilines is 1. The Bertz CT molecular complexity index is 726. The van der Waals surface area contributed by atoms with E-state index in [1.807, 2.05) is 44.2 Å². The standard InChI is InChI=1S/C19H22N2O3/c1-13(2)16-9-5-6-10-17(16)21-19(24)18(23)20-11-14-7-3-4-8-15(14)12-22/h3-10,13,22H,11-12H2,1-2H3,(H,20,23)(H,21,24). The number of aliphatic hydroxyl groups excluding tert-OH is 1. The van der Waals surface area contributed by atoms with Crippen molar-refractivity contribution in [3.05, 3.63) is 65.2 Å². The van der Waals surface area contributed by atoms with E-state index in [0.717, 1.165) is 16.7 Å². The lowest BCUT2D eigenvalue weighted by atomic mass is 10.0. The van der Waals surface area contributed by atoms with Gasteiger partial charge in [0.05, 0.1) is 6.61 Å². The van der Waals surface area contributed by atoms with E-state index in [2.05, 4.69) is 10.6 Å². The van der Waals surface area contributed by atoms with Gasteiger partial charge in [-0.2, -0.15) is 0 Å².